The number of carboxylic acids is 1. The molecule has 4 nitrogen and oxygen atoms in total. The number of aromatic carboxylic acids is 1. The average molecular weight is 186 g/mol. The van der Waals surface area contributed by atoms with Crippen LogP contribution in [-0.4, -0.2) is 21.3 Å². The van der Waals surface area contributed by atoms with Crippen molar-refractivity contribution in [2.45, 2.75) is 20.0 Å². The van der Waals surface area contributed by atoms with Crippen LogP contribution in [0.3, 0.4) is 0 Å². The first-order chi connectivity index (χ1) is 6.04. The molecule has 2 N–H and O–H groups in total. The summed E-state index contributed by atoms with van der Waals surface area (Å²) < 4.78 is 13.4. The van der Waals surface area contributed by atoms with Gasteiger partial charge in [-0.3, -0.25) is 5.10 Å². The van der Waals surface area contributed by atoms with Crippen molar-refractivity contribution in [3.63, 3.8) is 0 Å². The number of alkyl halides is 1. The van der Waals surface area contributed by atoms with Crippen LogP contribution < -0.4 is 0 Å². The smallest absolute Gasteiger partial charge is 0.356 e. The minimum atomic E-state index is -1.29. The van der Waals surface area contributed by atoms with Crippen LogP contribution >= 0.6 is 0 Å². The van der Waals surface area contributed by atoms with Gasteiger partial charge >= 0.3 is 5.97 Å². The Hall–Kier alpha value is -1.39. The molecule has 0 fully saturated rings. The summed E-state index contributed by atoms with van der Waals surface area (Å²) in [4.78, 5) is 10.6. The van der Waals surface area contributed by atoms with Gasteiger partial charge in [0.25, 0.3) is 0 Å². The van der Waals surface area contributed by atoms with E-state index in [2.05, 4.69) is 10.2 Å². The van der Waals surface area contributed by atoms with Crippen molar-refractivity contribution in [3.05, 3.63) is 17.5 Å². The van der Waals surface area contributed by atoms with E-state index in [-0.39, 0.29) is 17.2 Å². The van der Waals surface area contributed by atoms with Gasteiger partial charge in [0.1, 0.15) is 6.17 Å². The normalized spacial score (nSPS) is 13.2. The molecule has 1 rings (SSSR count). The van der Waals surface area contributed by atoms with Crippen LogP contribution in [0, 0.1) is 5.92 Å². The van der Waals surface area contributed by atoms with Crippen molar-refractivity contribution < 1.29 is 14.3 Å². The van der Waals surface area contributed by atoms with Crippen LogP contribution in [0.2, 0.25) is 0 Å². The van der Waals surface area contributed by atoms with Crippen LogP contribution in [0.25, 0.3) is 0 Å². The van der Waals surface area contributed by atoms with E-state index in [0.29, 0.717) is 0 Å². The summed E-state index contributed by atoms with van der Waals surface area (Å²) in [5.74, 6) is -1.46. The lowest BCUT2D eigenvalue weighted by molar-refractivity contribution is 0.0685. The number of carboxylic acid groups (broad SMARTS) is 1. The Bertz CT molecular complexity index is 309. The third-order valence-electron chi connectivity index (χ3n) is 1.75. The van der Waals surface area contributed by atoms with Crippen LogP contribution in [0.1, 0.15) is 36.1 Å². The zero-order valence-electron chi connectivity index (χ0n) is 7.41. The number of nitrogens with zero attached hydrogens (tertiary/aromatic N) is 1. The summed E-state index contributed by atoms with van der Waals surface area (Å²) in [5, 5.41) is 14.4. The summed E-state index contributed by atoms with van der Waals surface area (Å²) in [6.07, 6.45) is -0.00134. The van der Waals surface area contributed by atoms with Gasteiger partial charge < -0.3 is 5.11 Å². The van der Waals surface area contributed by atoms with Gasteiger partial charge in [-0.15, -0.1) is 0 Å². The van der Waals surface area contributed by atoms with E-state index >= 15 is 0 Å². The van der Waals surface area contributed by atoms with Gasteiger partial charge in [-0.2, -0.15) is 5.10 Å². The van der Waals surface area contributed by atoms with E-state index in [1.54, 1.807) is 13.8 Å². The Morgan fingerprint density at radius 3 is 2.77 bits per heavy atom. The number of carbonyl (C=O) groups is 1. The first kappa shape index (κ1) is 9.70. The molecule has 0 bridgehead atoms. The topological polar surface area (TPSA) is 66.0 Å². The maximum Gasteiger partial charge on any atom is 0.356 e. The maximum absolute atomic E-state index is 13.4. The number of aromatic nitrogens is 2. The summed E-state index contributed by atoms with van der Waals surface area (Å²) in [7, 11) is 0. The molecule has 0 saturated carbocycles. The van der Waals surface area contributed by atoms with E-state index in [0.717, 1.165) is 0 Å². The largest absolute Gasteiger partial charge is 0.476 e. The summed E-state index contributed by atoms with van der Waals surface area (Å²) >= 11 is 0. The molecule has 0 aliphatic rings. The molecule has 1 atom stereocenters. The van der Waals surface area contributed by atoms with Gasteiger partial charge in [0.15, 0.2) is 5.69 Å². The molecule has 0 unspecified atom stereocenters. The zero-order valence-corrected chi connectivity index (χ0v) is 7.41. The first-order valence-corrected chi connectivity index (χ1v) is 3.95. The molecule has 5 heteroatoms. The predicted octanol–water partition coefficient (Wildman–Crippen LogP) is 1.77. The number of rotatable bonds is 3. The van der Waals surface area contributed by atoms with Gasteiger partial charge in [0.05, 0.1) is 0 Å². The van der Waals surface area contributed by atoms with Crippen molar-refractivity contribution in [1.29, 1.82) is 0 Å². The second-order valence-corrected chi connectivity index (χ2v) is 3.14. The van der Waals surface area contributed by atoms with Gasteiger partial charge in [-0.1, -0.05) is 13.8 Å². The molecule has 1 aromatic rings. The van der Waals surface area contributed by atoms with Crippen molar-refractivity contribution in [2.24, 2.45) is 5.92 Å². The van der Waals surface area contributed by atoms with Gasteiger partial charge in [0.2, 0.25) is 0 Å². The minimum Gasteiger partial charge on any atom is -0.476 e. The summed E-state index contributed by atoms with van der Waals surface area (Å²) in [5.41, 5.74) is -0.122. The molecular formula is C8H11FN2O2. The van der Waals surface area contributed by atoms with Crippen molar-refractivity contribution >= 4 is 5.97 Å². The van der Waals surface area contributed by atoms with Gasteiger partial charge in [-0.05, 0) is 5.92 Å². The number of aromatic amines is 1. The number of H-pyrrole nitrogens is 1. The maximum atomic E-state index is 13.4. The molecule has 1 aromatic heterocycles. The highest BCUT2D eigenvalue weighted by Gasteiger charge is 2.23. The van der Waals surface area contributed by atoms with E-state index in [9.17, 15) is 9.18 Å². The summed E-state index contributed by atoms with van der Waals surface area (Å²) in [6.45, 7) is 3.37. The Labute approximate surface area is 74.8 Å². The fourth-order valence-corrected chi connectivity index (χ4v) is 1.04. The molecule has 1 heterocycles. The summed E-state index contributed by atoms with van der Waals surface area (Å²) in [6, 6.07) is 0. The highest BCUT2D eigenvalue weighted by atomic mass is 19.1. The molecule has 0 aromatic carbocycles. The number of hydrogen-bond donors (Lipinski definition) is 2. The third kappa shape index (κ3) is 1.85. The lowest BCUT2D eigenvalue weighted by Crippen LogP contribution is -2.07. The van der Waals surface area contributed by atoms with Gasteiger partial charge in [-0.25, -0.2) is 9.18 Å². The molecular weight excluding hydrogens is 175 g/mol. The second-order valence-electron chi connectivity index (χ2n) is 3.14. The SMILES string of the molecule is CC(C)[C@H](F)c1c[nH]nc1C(=O)O. The van der Waals surface area contributed by atoms with Crippen LogP contribution in [0.15, 0.2) is 6.20 Å². The number of halogens is 1. The Morgan fingerprint density at radius 2 is 2.31 bits per heavy atom. The molecule has 13 heavy (non-hydrogen) atoms. The monoisotopic (exact) mass is 186 g/mol. The Morgan fingerprint density at radius 1 is 1.69 bits per heavy atom. The van der Waals surface area contributed by atoms with Crippen LogP contribution in [-0.2, 0) is 0 Å². The molecule has 0 aliphatic heterocycles. The average Bonchev–Trinajstić information content (AvgIpc) is 2.50. The Balaban J connectivity index is 3.00. The first-order valence-electron chi connectivity index (χ1n) is 3.95. The van der Waals surface area contributed by atoms with Crippen molar-refractivity contribution in [1.82, 2.24) is 10.2 Å². The van der Waals surface area contributed by atoms with Gasteiger partial charge in [0, 0.05) is 11.8 Å². The standard InChI is InChI=1S/C8H11FN2O2/c1-4(2)6(9)5-3-10-11-7(5)8(12)13/h3-4,6H,1-2H3,(H,10,11)(H,12,13)/t6-/m0/s1. The zero-order chi connectivity index (χ0) is 10.0. The minimum absolute atomic E-state index is 0.113. The van der Waals surface area contributed by atoms with E-state index < -0.39 is 12.1 Å². The highest BCUT2D eigenvalue weighted by molar-refractivity contribution is 5.87. The third-order valence-corrected chi connectivity index (χ3v) is 1.75. The second kappa shape index (κ2) is 3.55. The Kier molecular flexibility index (Phi) is 2.65. The molecule has 72 valence electrons. The fourth-order valence-electron chi connectivity index (χ4n) is 1.04. The molecule has 0 amide bonds. The van der Waals surface area contributed by atoms with Crippen molar-refractivity contribution in [2.75, 3.05) is 0 Å². The highest BCUT2D eigenvalue weighted by Crippen LogP contribution is 2.27. The lowest BCUT2D eigenvalue weighted by atomic mass is 10.0. The van der Waals surface area contributed by atoms with E-state index in [1.807, 2.05) is 0 Å². The van der Waals surface area contributed by atoms with Crippen LogP contribution in [0.4, 0.5) is 4.39 Å². The van der Waals surface area contributed by atoms with E-state index in [4.69, 9.17) is 5.11 Å². The molecule has 0 aliphatic carbocycles. The van der Waals surface area contributed by atoms with Crippen LogP contribution in [0.5, 0.6) is 0 Å². The van der Waals surface area contributed by atoms with E-state index in [1.165, 1.54) is 6.20 Å². The molecule has 0 spiro atoms. The molecule has 0 saturated heterocycles. The fraction of sp³-hybridized carbons (Fsp3) is 0.500. The predicted molar refractivity (Wildman–Crippen MR) is 44.2 cm³/mol. The quantitative estimate of drug-likeness (QED) is 0.756. The number of nitrogens with one attached hydrogen (secondary N) is 1. The lowest BCUT2D eigenvalue weighted by Gasteiger charge is -2.09. The number of hydrogen-bond acceptors (Lipinski definition) is 2. The van der Waals surface area contributed by atoms with Crippen molar-refractivity contribution in [3.8, 4) is 0 Å². The molecule has 0 radical (unpaired) electrons.